The molecule has 0 spiro atoms. The molecule has 3 saturated carbocycles. The van der Waals surface area contributed by atoms with Gasteiger partial charge in [-0.3, -0.25) is 0 Å². The molecule has 0 N–H and O–H groups in total. The first kappa shape index (κ1) is 32.2. The van der Waals surface area contributed by atoms with Crippen molar-refractivity contribution < 1.29 is 4.68 Å². The highest BCUT2D eigenvalue weighted by molar-refractivity contribution is 6.40. The average Bonchev–Trinajstić information content (AvgIpc) is 3.41. The van der Waals surface area contributed by atoms with Crippen molar-refractivity contribution in [3.8, 4) is 5.69 Å². The van der Waals surface area contributed by atoms with Crippen molar-refractivity contribution in [2.45, 2.75) is 132 Å². The first-order valence-electron chi connectivity index (χ1n) is 17.6. The molecule has 0 bridgehead atoms. The van der Waals surface area contributed by atoms with Crippen LogP contribution in [0.1, 0.15) is 124 Å². The topological polar surface area (TPSA) is 21.7 Å². The van der Waals surface area contributed by atoms with Gasteiger partial charge in [0.25, 0.3) is 5.82 Å². The molecule has 1 aliphatic heterocycles. The minimum atomic E-state index is 0.349. The second-order valence-corrected chi connectivity index (χ2v) is 17.2. The van der Waals surface area contributed by atoms with E-state index in [-0.39, 0.29) is 0 Å². The molecule has 3 fully saturated rings. The SMILES string of the molecule is CCCc1nc2[n+](n1-c1c(Cl)cc(Cl)cc1Cl)CC[C@@]1(C)[C@@H](CC[C@@H]3[C@@H]1CC[C@]1(C)[C@@H]([C@H](C)CCCC(C)C)CC[C@@H]31)C2. The number of rotatable bonds is 8. The Kier molecular flexibility index (Phi) is 9.31. The fraction of sp³-hybridized carbons (Fsp3) is 0.784. The van der Waals surface area contributed by atoms with E-state index >= 15 is 0 Å². The summed E-state index contributed by atoms with van der Waals surface area (Å²) >= 11 is 20.0. The van der Waals surface area contributed by atoms with Gasteiger partial charge in [-0.15, -0.1) is 9.36 Å². The molecule has 238 valence electrons. The van der Waals surface area contributed by atoms with Gasteiger partial charge >= 0.3 is 5.82 Å². The first-order chi connectivity index (χ1) is 20.5. The van der Waals surface area contributed by atoms with E-state index in [0.717, 1.165) is 72.8 Å². The lowest BCUT2D eigenvalue weighted by Gasteiger charge is -2.59. The van der Waals surface area contributed by atoms with Gasteiger partial charge < -0.3 is 0 Å². The lowest BCUT2D eigenvalue weighted by molar-refractivity contribution is -0.774. The highest BCUT2D eigenvalue weighted by Gasteiger charge is 2.60. The molecule has 0 radical (unpaired) electrons. The van der Waals surface area contributed by atoms with Crippen molar-refractivity contribution in [3.05, 3.63) is 38.8 Å². The summed E-state index contributed by atoms with van der Waals surface area (Å²) in [6.07, 6.45) is 16.9. The molecule has 43 heavy (non-hydrogen) atoms. The third kappa shape index (κ3) is 5.62. The van der Waals surface area contributed by atoms with E-state index in [1.807, 2.05) is 12.1 Å². The number of hydrogen-bond acceptors (Lipinski definition) is 1. The third-order valence-electron chi connectivity index (χ3n) is 13.3. The number of benzene rings is 1. The van der Waals surface area contributed by atoms with E-state index in [0.29, 0.717) is 31.8 Å². The van der Waals surface area contributed by atoms with Gasteiger partial charge in [-0.1, -0.05) is 95.6 Å². The van der Waals surface area contributed by atoms with Gasteiger partial charge in [0.1, 0.15) is 12.2 Å². The van der Waals surface area contributed by atoms with Gasteiger partial charge in [0, 0.05) is 11.4 Å². The highest BCUT2D eigenvalue weighted by atomic mass is 35.5. The Morgan fingerprint density at radius 2 is 1.65 bits per heavy atom. The Hall–Kier alpha value is -0.770. The average molecular weight is 648 g/mol. The van der Waals surface area contributed by atoms with Crippen molar-refractivity contribution >= 4 is 34.8 Å². The monoisotopic (exact) mass is 646 g/mol. The molecule has 8 atom stereocenters. The minimum Gasteiger partial charge on any atom is -0.149 e. The summed E-state index contributed by atoms with van der Waals surface area (Å²) < 4.78 is 4.68. The Morgan fingerprint density at radius 1 is 0.930 bits per heavy atom. The third-order valence-corrected chi connectivity index (χ3v) is 14.1. The standard InChI is InChI=1S/C37H55Cl3N3/c1-7-9-33-41-34-20-25-12-13-27-29-15-14-28(24(4)11-8-10-23(2)3)37(29,6)17-16-30(27)36(25,5)18-19-42(34)43(33)35-31(39)21-26(38)22-32(35)40/h21-25,27-30H,7-20H2,1-6H3/q+1/t24-,25+,27+,28-,29+,30+,36+,37-/m1/s1. The van der Waals surface area contributed by atoms with Crippen LogP contribution in [0.3, 0.4) is 0 Å². The van der Waals surface area contributed by atoms with Crippen LogP contribution in [0.25, 0.3) is 5.69 Å². The largest absolute Gasteiger partial charge is 0.320 e. The summed E-state index contributed by atoms with van der Waals surface area (Å²) in [6, 6.07) is 3.63. The summed E-state index contributed by atoms with van der Waals surface area (Å²) in [7, 11) is 0. The van der Waals surface area contributed by atoms with Crippen molar-refractivity contribution in [2.24, 2.45) is 52.3 Å². The van der Waals surface area contributed by atoms with E-state index in [9.17, 15) is 0 Å². The summed E-state index contributed by atoms with van der Waals surface area (Å²) in [5.41, 5.74) is 1.72. The Bertz CT molecular complexity index is 1300. The van der Waals surface area contributed by atoms with Crippen LogP contribution in [0.5, 0.6) is 0 Å². The van der Waals surface area contributed by atoms with E-state index in [1.165, 1.54) is 70.0 Å². The molecule has 3 aliphatic carbocycles. The molecule has 4 aliphatic rings. The van der Waals surface area contributed by atoms with Crippen LogP contribution in [0, 0.1) is 52.3 Å². The second kappa shape index (κ2) is 12.4. The number of fused-ring (bicyclic) bond motifs is 6. The van der Waals surface area contributed by atoms with E-state index in [4.69, 9.17) is 39.8 Å². The number of hydrogen-bond donors (Lipinski definition) is 0. The lowest BCUT2D eigenvalue weighted by Crippen LogP contribution is -2.53. The maximum absolute atomic E-state index is 6.83. The molecule has 0 amide bonds. The fourth-order valence-corrected chi connectivity index (χ4v) is 12.1. The van der Waals surface area contributed by atoms with E-state index in [1.54, 1.807) is 0 Å². The minimum absolute atomic E-state index is 0.349. The molecule has 3 nitrogen and oxygen atoms in total. The maximum atomic E-state index is 6.83. The first-order valence-corrected chi connectivity index (χ1v) is 18.8. The maximum Gasteiger partial charge on any atom is 0.320 e. The zero-order valence-corrected chi connectivity index (χ0v) is 29.8. The molecule has 1 aromatic carbocycles. The van der Waals surface area contributed by atoms with Gasteiger partial charge in [-0.2, -0.15) is 0 Å². The molecule has 0 saturated heterocycles. The Morgan fingerprint density at radius 3 is 2.35 bits per heavy atom. The smallest absolute Gasteiger partial charge is 0.149 e. The van der Waals surface area contributed by atoms with E-state index < -0.39 is 0 Å². The van der Waals surface area contributed by atoms with Gasteiger partial charge in [0.05, 0.1) is 16.5 Å². The van der Waals surface area contributed by atoms with Gasteiger partial charge in [-0.25, -0.2) is 0 Å². The number of halogens is 3. The van der Waals surface area contributed by atoms with Crippen LogP contribution in [0.2, 0.25) is 15.1 Å². The number of aromatic nitrogens is 3. The Labute approximate surface area is 276 Å². The van der Waals surface area contributed by atoms with Crippen molar-refractivity contribution in [1.82, 2.24) is 9.67 Å². The molecule has 0 unspecified atom stereocenters. The molecular weight excluding hydrogens is 593 g/mol. The van der Waals surface area contributed by atoms with Crippen LogP contribution in [0.4, 0.5) is 0 Å². The van der Waals surface area contributed by atoms with Crippen LogP contribution >= 0.6 is 34.8 Å². The van der Waals surface area contributed by atoms with Crippen LogP contribution in [-0.4, -0.2) is 9.67 Å². The molecule has 2 heterocycles. The zero-order valence-electron chi connectivity index (χ0n) is 27.6. The van der Waals surface area contributed by atoms with Crippen LogP contribution in [0.15, 0.2) is 12.1 Å². The summed E-state index contributed by atoms with van der Waals surface area (Å²) in [5, 5.41) is 1.76. The molecular formula is C37H55Cl3N3+. The van der Waals surface area contributed by atoms with Crippen molar-refractivity contribution in [1.29, 1.82) is 0 Å². The second-order valence-electron chi connectivity index (χ2n) is 16.0. The predicted octanol–water partition coefficient (Wildman–Crippen LogP) is 11.0. The lowest BCUT2D eigenvalue weighted by atomic mass is 9.46. The quantitative estimate of drug-likeness (QED) is 0.261. The fourth-order valence-electron chi connectivity index (χ4n) is 11.1. The van der Waals surface area contributed by atoms with Gasteiger partial charge in [0.15, 0.2) is 0 Å². The zero-order chi connectivity index (χ0) is 30.7. The number of aryl methyl sites for hydroxylation is 1. The normalized spacial score (nSPS) is 34.3. The summed E-state index contributed by atoms with van der Waals surface area (Å²) in [5.74, 6) is 8.21. The molecule has 6 rings (SSSR count). The van der Waals surface area contributed by atoms with E-state index in [2.05, 4.69) is 50.9 Å². The van der Waals surface area contributed by atoms with Gasteiger partial charge in [0.2, 0.25) is 0 Å². The summed E-state index contributed by atoms with van der Waals surface area (Å²) in [6.45, 7) is 15.9. The molecule has 2 aromatic rings. The number of nitrogens with zero attached hydrogens (tertiary/aromatic N) is 3. The van der Waals surface area contributed by atoms with Gasteiger partial charge in [-0.05, 0) is 121 Å². The summed E-state index contributed by atoms with van der Waals surface area (Å²) in [4.78, 5) is 5.31. The van der Waals surface area contributed by atoms with Crippen molar-refractivity contribution in [2.75, 3.05) is 0 Å². The van der Waals surface area contributed by atoms with Crippen LogP contribution in [-0.2, 0) is 19.4 Å². The molecule has 1 aromatic heterocycles. The molecule has 6 heteroatoms. The highest BCUT2D eigenvalue weighted by Crippen LogP contribution is 2.67. The van der Waals surface area contributed by atoms with Crippen LogP contribution < -0.4 is 4.68 Å². The predicted molar refractivity (Wildman–Crippen MR) is 180 cm³/mol. The van der Waals surface area contributed by atoms with Crippen molar-refractivity contribution in [3.63, 3.8) is 0 Å². The Balaban J connectivity index is 1.26.